The summed E-state index contributed by atoms with van der Waals surface area (Å²) in [7, 11) is 3.10. The first kappa shape index (κ1) is 17.3. The Labute approximate surface area is 139 Å². The van der Waals surface area contributed by atoms with Gasteiger partial charge in [0.05, 0.1) is 19.1 Å². The molecular formula is C17H18N2O5. The number of amides is 1. The van der Waals surface area contributed by atoms with Crippen molar-refractivity contribution in [2.45, 2.75) is 12.8 Å². The van der Waals surface area contributed by atoms with Crippen molar-refractivity contribution in [1.82, 2.24) is 0 Å². The van der Waals surface area contributed by atoms with Crippen molar-refractivity contribution in [1.29, 1.82) is 0 Å². The Morgan fingerprint density at radius 2 is 1.83 bits per heavy atom. The minimum atomic E-state index is -0.524. The molecule has 2 rings (SSSR count). The normalized spacial score (nSPS) is 10.1. The molecule has 0 radical (unpaired) electrons. The van der Waals surface area contributed by atoms with Crippen LogP contribution in [0.2, 0.25) is 0 Å². The number of aryl methyl sites for hydroxylation is 1. The Morgan fingerprint density at radius 1 is 1.12 bits per heavy atom. The molecule has 0 bridgehead atoms. The molecule has 0 aliphatic rings. The molecule has 0 unspecified atom stereocenters. The summed E-state index contributed by atoms with van der Waals surface area (Å²) < 4.78 is 10.4. The molecule has 0 saturated heterocycles. The van der Waals surface area contributed by atoms with Crippen LogP contribution in [0.5, 0.6) is 11.5 Å². The lowest BCUT2D eigenvalue weighted by Gasteiger charge is -2.10. The number of benzene rings is 2. The molecule has 1 amide bonds. The summed E-state index contributed by atoms with van der Waals surface area (Å²) in [5.41, 5.74) is 0.974. The average molecular weight is 330 g/mol. The van der Waals surface area contributed by atoms with Gasteiger partial charge in [0.1, 0.15) is 5.69 Å². The van der Waals surface area contributed by atoms with Crippen LogP contribution in [0.25, 0.3) is 0 Å². The molecule has 0 atom stereocenters. The zero-order valence-electron chi connectivity index (χ0n) is 13.4. The van der Waals surface area contributed by atoms with Gasteiger partial charge in [-0.2, -0.15) is 0 Å². The number of para-hydroxylation sites is 2. The second kappa shape index (κ2) is 7.96. The second-order valence-electron chi connectivity index (χ2n) is 5.01. The molecule has 0 aliphatic heterocycles. The number of carbonyl (C=O) groups is 1. The van der Waals surface area contributed by atoms with Crippen LogP contribution in [-0.4, -0.2) is 25.1 Å². The van der Waals surface area contributed by atoms with Gasteiger partial charge in [-0.25, -0.2) is 0 Å². The molecule has 1 N–H and O–H groups in total. The van der Waals surface area contributed by atoms with Gasteiger partial charge in [0.2, 0.25) is 5.91 Å². The molecule has 7 nitrogen and oxygen atoms in total. The van der Waals surface area contributed by atoms with Crippen molar-refractivity contribution in [3.05, 3.63) is 58.1 Å². The summed E-state index contributed by atoms with van der Waals surface area (Å²) >= 11 is 0. The molecule has 24 heavy (non-hydrogen) atoms. The van der Waals surface area contributed by atoms with Gasteiger partial charge in [-0.1, -0.05) is 18.2 Å². The van der Waals surface area contributed by atoms with Crippen molar-refractivity contribution < 1.29 is 19.2 Å². The van der Waals surface area contributed by atoms with Crippen molar-refractivity contribution in [3.8, 4) is 11.5 Å². The van der Waals surface area contributed by atoms with Gasteiger partial charge in [0, 0.05) is 12.5 Å². The summed E-state index contributed by atoms with van der Waals surface area (Å²) in [5.74, 6) is 0.916. The van der Waals surface area contributed by atoms with Crippen molar-refractivity contribution in [2.75, 3.05) is 19.5 Å². The standard InChI is InChI=1S/C17H18N2O5/c1-23-15-9-7-12(11-16(15)24-2)8-10-17(20)18-13-5-3-4-6-14(13)19(21)22/h3-7,9,11H,8,10H2,1-2H3,(H,18,20). The van der Waals surface area contributed by atoms with Gasteiger partial charge in [-0.05, 0) is 30.2 Å². The number of rotatable bonds is 7. The Hall–Kier alpha value is -3.09. The van der Waals surface area contributed by atoms with E-state index in [4.69, 9.17) is 9.47 Å². The highest BCUT2D eigenvalue weighted by molar-refractivity contribution is 5.93. The summed E-state index contributed by atoms with van der Waals surface area (Å²) in [4.78, 5) is 22.5. The fourth-order valence-corrected chi connectivity index (χ4v) is 2.25. The van der Waals surface area contributed by atoms with Crippen LogP contribution in [0.4, 0.5) is 11.4 Å². The molecule has 0 fully saturated rings. The first-order valence-electron chi connectivity index (χ1n) is 7.29. The highest BCUT2D eigenvalue weighted by atomic mass is 16.6. The Balaban J connectivity index is 2.00. The van der Waals surface area contributed by atoms with Gasteiger partial charge >= 0.3 is 0 Å². The number of hydrogen-bond acceptors (Lipinski definition) is 5. The van der Waals surface area contributed by atoms with Gasteiger partial charge in [0.15, 0.2) is 11.5 Å². The van der Waals surface area contributed by atoms with Crippen LogP contribution in [0.3, 0.4) is 0 Å². The van der Waals surface area contributed by atoms with Gasteiger partial charge in [0.25, 0.3) is 5.69 Å². The summed E-state index contributed by atoms with van der Waals surface area (Å²) in [5, 5.41) is 13.5. The molecule has 0 saturated carbocycles. The molecule has 0 heterocycles. The Bertz CT molecular complexity index is 746. The fraction of sp³-hybridized carbons (Fsp3) is 0.235. The van der Waals surface area contributed by atoms with Gasteiger partial charge < -0.3 is 14.8 Å². The summed E-state index contributed by atoms with van der Waals surface area (Å²) in [6.07, 6.45) is 0.675. The quantitative estimate of drug-likeness (QED) is 0.622. The van der Waals surface area contributed by atoms with Crippen LogP contribution in [-0.2, 0) is 11.2 Å². The highest BCUT2D eigenvalue weighted by Crippen LogP contribution is 2.28. The average Bonchev–Trinajstić information content (AvgIpc) is 2.59. The first-order valence-corrected chi connectivity index (χ1v) is 7.29. The lowest BCUT2D eigenvalue weighted by Crippen LogP contribution is -2.13. The molecule has 2 aromatic rings. The molecule has 0 spiro atoms. The van der Waals surface area contributed by atoms with E-state index in [-0.39, 0.29) is 23.7 Å². The zero-order valence-corrected chi connectivity index (χ0v) is 13.4. The maximum atomic E-state index is 12.0. The number of methoxy groups -OCH3 is 2. The zero-order chi connectivity index (χ0) is 17.5. The first-order chi connectivity index (χ1) is 11.5. The molecule has 0 aliphatic carbocycles. The number of nitro benzene ring substituents is 1. The topological polar surface area (TPSA) is 90.7 Å². The van der Waals surface area contributed by atoms with Crippen LogP contribution >= 0.6 is 0 Å². The number of ether oxygens (including phenoxy) is 2. The van der Waals surface area contributed by atoms with Crippen molar-refractivity contribution >= 4 is 17.3 Å². The third kappa shape index (κ3) is 4.22. The largest absolute Gasteiger partial charge is 0.493 e. The number of anilines is 1. The Kier molecular flexibility index (Phi) is 5.73. The van der Waals surface area contributed by atoms with Crippen LogP contribution in [0, 0.1) is 10.1 Å². The van der Waals surface area contributed by atoms with E-state index in [0.29, 0.717) is 17.9 Å². The van der Waals surface area contributed by atoms with E-state index < -0.39 is 4.92 Å². The van der Waals surface area contributed by atoms with Crippen LogP contribution in [0.1, 0.15) is 12.0 Å². The Morgan fingerprint density at radius 3 is 2.50 bits per heavy atom. The molecule has 126 valence electrons. The van der Waals surface area contributed by atoms with Crippen molar-refractivity contribution in [3.63, 3.8) is 0 Å². The van der Waals surface area contributed by atoms with Crippen molar-refractivity contribution in [2.24, 2.45) is 0 Å². The van der Waals surface area contributed by atoms with Crippen LogP contribution < -0.4 is 14.8 Å². The van der Waals surface area contributed by atoms with E-state index in [9.17, 15) is 14.9 Å². The lowest BCUT2D eigenvalue weighted by atomic mass is 10.1. The third-order valence-electron chi connectivity index (χ3n) is 3.46. The number of hydrogen-bond donors (Lipinski definition) is 1. The third-order valence-corrected chi connectivity index (χ3v) is 3.46. The summed E-state index contributed by atoms with van der Waals surface area (Å²) in [6, 6.07) is 11.5. The van der Waals surface area contributed by atoms with E-state index in [2.05, 4.69) is 5.32 Å². The van der Waals surface area contributed by atoms with E-state index in [1.54, 1.807) is 38.5 Å². The van der Waals surface area contributed by atoms with Gasteiger partial charge in [-0.3, -0.25) is 14.9 Å². The molecule has 0 aromatic heterocycles. The number of nitro groups is 1. The van der Waals surface area contributed by atoms with Crippen LogP contribution in [0.15, 0.2) is 42.5 Å². The minimum Gasteiger partial charge on any atom is -0.493 e. The highest BCUT2D eigenvalue weighted by Gasteiger charge is 2.14. The number of nitrogens with zero attached hydrogens (tertiary/aromatic N) is 1. The smallest absolute Gasteiger partial charge is 0.292 e. The van der Waals surface area contributed by atoms with E-state index in [1.165, 1.54) is 12.1 Å². The molecule has 2 aromatic carbocycles. The predicted octanol–water partition coefficient (Wildman–Crippen LogP) is 3.18. The molecular weight excluding hydrogens is 312 g/mol. The maximum absolute atomic E-state index is 12.0. The van der Waals surface area contributed by atoms with E-state index in [1.807, 2.05) is 6.07 Å². The maximum Gasteiger partial charge on any atom is 0.292 e. The lowest BCUT2D eigenvalue weighted by molar-refractivity contribution is -0.383. The number of carbonyl (C=O) groups excluding carboxylic acids is 1. The SMILES string of the molecule is COc1ccc(CCC(=O)Nc2ccccc2[N+](=O)[O-])cc1OC. The van der Waals surface area contributed by atoms with Gasteiger partial charge in [-0.15, -0.1) is 0 Å². The molecule has 7 heteroatoms. The minimum absolute atomic E-state index is 0.128. The number of nitrogens with one attached hydrogen (secondary N) is 1. The van der Waals surface area contributed by atoms with E-state index >= 15 is 0 Å². The summed E-state index contributed by atoms with van der Waals surface area (Å²) in [6.45, 7) is 0. The second-order valence-corrected chi connectivity index (χ2v) is 5.01. The fourth-order valence-electron chi connectivity index (χ4n) is 2.25. The predicted molar refractivity (Wildman–Crippen MR) is 89.6 cm³/mol. The monoisotopic (exact) mass is 330 g/mol. The van der Waals surface area contributed by atoms with E-state index in [0.717, 1.165) is 5.56 Å².